The van der Waals surface area contributed by atoms with Crippen molar-refractivity contribution >= 4 is 22.4 Å². The van der Waals surface area contributed by atoms with Gasteiger partial charge in [-0.3, -0.25) is 15.2 Å². The highest BCUT2D eigenvalue weighted by molar-refractivity contribution is 7.15. The number of carbonyl (C=O) groups is 1. The van der Waals surface area contributed by atoms with Gasteiger partial charge in [0.1, 0.15) is 17.2 Å². The highest BCUT2D eigenvalue weighted by atomic mass is 32.1. The van der Waals surface area contributed by atoms with Crippen LogP contribution in [0.5, 0.6) is 11.5 Å². The third-order valence-corrected chi connectivity index (χ3v) is 5.21. The fraction of sp³-hybridized carbons (Fsp3) is 0.278. The number of anilines is 1. The van der Waals surface area contributed by atoms with Crippen molar-refractivity contribution in [1.29, 1.82) is 0 Å². The molecule has 27 heavy (non-hydrogen) atoms. The average molecular weight is 386 g/mol. The number of nitrogens with one attached hydrogen (secondary N) is 2. The molecular weight excluding hydrogens is 368 g/mol. The summed E-state index contributed by atoms with van der Waals surface area (Å²) in [6.45, 7) is 1.21. The third kappa shape index (κ3) is 3.51. The Morgan fingerprint density at radius 2 is 2.19 bits per heavy atom. The van der Waals surface area contributed by atoms with Crippen LogP contribution in [0.4, 0.5) is 5.13 Å². The van der Waals surface area contributed by atoms with Crippen molar-refractivity contribution < 1.29 is 19.0 Å². The van der Waals surface area contributed by atoms with Gasteiger partial charge in [-0.2, -0.15) is 5.10 Å². The molecule has 9 heteroatoms. The number of benzene rings is 1. The van der Waals surface area contributed by atoms with E-state index in [0.29, 0.717) is 41.2 Å². The number of rotatable bonds is 5. The molecule has 0 atom stereocenters. The van der Waals surface area contributed by atoms with Gasteiger partial charge in [0.2, 0.25) is 0 Å². The number of hydrogen-bond acceptors (Lipinski definition) is 7. The second-order valence-corrected chi connectivity index (χ2v) is 6.96. The predicted octanol–water partition coefficient (Wildman–Crippen LogP) is 2.88. The lowest BCUT2D eigenvalue weighted by Gasteiger charge is -2.08. The summed E-state index contributed by atoms with van der Waals surface area (Å²) in [7, 11) is 3.17. The Kier molecular flexibility index (Phi) is 4.78. The number of aromatic amines is 1. The summed E-state index contributed by atoms with van der Waals surface area (Å²) >= 11 is 1.43. The molecule has 1 aliphatic heterocycles. The standard InChI is InChI=1S/C18H18N4O4S/c1-24-10-3-4-15(25-2)11(7-10)13-8-14(22-21-13)17(23)20-18-19-12-5-6-26-9-16(12)27-18/h3-4,7-8H,5-6,9H2,1-2H3,(H,21,22)(H,19,20,23). The molecular formula is C18H18N4O4S. The SMILES string of the molecule is COc1ccc(OC)c(-c2cc(C(=O)Nc3nc4c(s3)COCC4)[nH]n2)c1. The monoisotopic (exact) mass is 386 g/mol. The molecule has 3 heterocycles. The Labute approximate surface area is 159 Å². The van der Waals surface area contributed by atoms with Gasteiger partial charge in [-0.25, -0.2) is 4.98 Å². The summed E-state index contributed by atoms with van der Waals surface area (Å²) in [5.41, 5.74) is 2.64. The average Bonchev–Trinajstić information content (AvgIpc) is 3.34. The largest absolute Gasteiger partial charge is 0.497 e. The summed E-state index contributed by atoms with van der Waals surface area (Å²) in [6.07, 6.45) is 0.769. The van der Waals surface area contributed by atoms with Crippen LogP contribution >= 0.6 is 11.3 Å². The minimum absolute atomic E-state index is 0.303. The summed E-state index contributed by atoms with van der Waals surface area (Å²) in [5.74, 6) is 1.01. The van der Waals surface area contributed by atoms with Gasteiger partial charge in [0.15, 0.2) is 5.13 Å². The van der Waals surface area contributed by atoms with Crippen LogP contribution in [0.15, 0.2) is 24.3 Å². The Balaban J connectivity index is 1.55. The van der Waals surface area contributed by atoms with Crippen molar-refractivity contribution in [3.05, 3.63) is 40.5 Å². The van der Waals surface area contributed by atoms with Crippen LogP contribution in [0.1, 0.15) is 21.1 Å². The Bertz CT molecular complexity index is 958. The predicted molar refractivity (Wildman–Crippen MR) is 101 cm³/mol. The number of hydrogen-bond donors (Lipinski definition) is 2. The van der Waals surface area contributed by atoms with Gasteiger partial charge >= 0.3 is 0 Å². The highest BCUT2D eigenvalue weighted by Gasteiger charge is 2.19. The Hall–Kier alpha value is -2.91. The van der Waals surface area contributed by atoms with Crippen LogP contribution in [0, 0.1) is 0 Å². The molecule has 1 aromatic carbocycles. The molecule has 8 nitrogen and oxygen atoms in total. The van der Waals surface area contributed by atoms with E-state index in [1.807, 2.05) is 6.07 Å². The molecule has 0 radical (unpaired) electrons. The van der Waals surface area contributed by atoms with Gasteiger partial charge in [-0.15, -0.1) is 0 Å². The first-order chi connectivity index (χ1) is 13.2. The maximum Gasteiger partial charge on any atom is 0.275 e. The zero-order valence-electron chi connectivity index (χ0n) is 14.9. The van der Waals surface area contributed by atoms with E-state index in [-0.39, 0.29) is 5.91 Å². The third-order valence-electron chi connectivity index (χ3n) is 4.22. The lowest BCUT2D eigenvalue weighted by Crippen LogP contribution is -2.12. The van der Waals surface area contributed by atoms with E-state index in [1.165, 1.54) is 11.3 Å². The number of carbonyl (C=O) groups excluding carboxylic acids is 1. The summed E-state index contributed by atoms with van der Waals surface area (Å²) in [6, 6.07) is 7.08. The van der Waals surface area contributed by atoms with Crippen molar-refractivity contribution in [3.8, 4) is 22.8 Å². The molecule has 0 spiro atoms. The quantitative estimate of drug-likeness (QED) is 0.700. The number of nitrogens with zero attached hydrogens (tertiary/aromatic N) is 2. The Morgan fingerprint density at radius 1 is 1.30 bits per heavy atom. The highest BCUT2D eigenvalue weighted by Crippen LogP contribution is 2.33. The van der Waals surface area contributed by atoms with Crippen molar-refractivity contribution in [2.45, 2.75) is 13.0 Å². The molecule has 1 amide bonds. The van der Waals surface area contributed by atoms with Crippen LogP contribution < -0.4 is 14.8 Å². The van der Waals surface area contributed by atoms with Gasteiger partial charge in [0.25, 0.3) is 5.91 Å². The van der Waals surface area contributed by atoms with Crippen LogP contribution in [0.3, 0.4) is 0 Å². The van der Waals surface area contributed by atoms with Crippen molar-refractivity contribution in [3.63, 3.8) is 0 Å². The zero-order chi connectivity index (χ0) is 18.8. The normalized spacial score (nSPS) is 13.1. The molecule has 0 bridgehead atoms. The lowest BCUT2D eigenvalue weighted by atomic mass is 10.1. The van der Waals surface area contributed by atoms with Crippen molar-refractivity contribution in [2.75, 3.05) is 26.1 Å². The Morgan fingerprint density at radius 3 is 2.96 bits per heavy atom. The van der Waals surface area contributed by atoms with Crippen LogP contribution in [0.2, 0.25) is 0 Å². The maximum atomic E-state index is 12.5. The summed E-state index contributed by atoms with van der Waals surface area (Å²) in [5, 5.41) is 10.4. The van der Waals surface area contributed by atoms with Crippen molar-refractivity contribution in [2.24, 2.45) is 0 Å². The molecule has 3 aromatic rings. The minimum atomic E-state index is -0.303. The number of thiazole rings is 1. The smallest absolute Gasteiger partial charge is 0.275 e. The van der Waals surface area contributed by atoms with Gasteiger partial charge in [0.05, 0.1) is 43.7 Å². The first-order valence-corrected chi connectivity index (χ1v) is 9.15. The maximum absolute atomic E-state index is 12.5. The van der Waals surface area contributed by atoms with E-state index in [2.05, 4.69) is 20.5 Å². The number of ether oxygens (including phenoxy) is 3. The fourth-order valence-electron chi connectivity index (χ4n) is 2.83. The molecule has 2 N–H and O–H groups in total. The lowest BCUT2D eigenvalue weighted by molar-refractivity contribution is 0.102. The van der Waals surface area contributed by atoms with E-state index in [1.54, 1.807) is 32.4 Å². The van der Waals surface area contributed by atoms with Crippen molar-refractivity contribution in [1.82, 2.24) is 15.2 Å². The van der Waals surface area contributed by atoms with Crippen LogP contribution in [-0.2, 0) is 17.8 Å². The van der Waals surface area contributed by atoms with Gasteiger partial charge in [-0.1, -0.05) is 11.3 Å². The van der Waals surface area contributed by atoms with Crippen LogP contribution in [-0.4, -0.2) is 41.9 Å². The second kappa shape index (κ2) is 7.37. The van der Waals surface area contributed by atoms with Crippen LogP contribution in [0.25, 0.3) is 11.3 Å². The van der Waals surface area contributed by atoms with Gasteiger partial charge < -0.3 is 14.2 Å². The minimum Gasteiger partial charge on any atom is -0.497 e. The second-order valence-electron chi connectivity index (χ2n) is 5.88. The number of H-pyrrole nitrogens is 1. The molecule has 0 unspecified atom stereocenters. The topological polar surface area (TPSA) is 98.4 Å². The van der Waals surface area contributed by atoms with Gasteiger partial charge in [0, 0.05) is 12.0 Å². The molecule has 140 valence electrons. The summed E-state index contributed by atoms with van der Waals surface area (Å²) in [4.78, 5) is 18.1. The van der Waals surface area contributed by atoms with E-state index >= 15 is 0 Å². The number of methoxy groups -OCH3 is 2. The molecule has 0 aliphatic carbocycles. The molecule has 4 rings (SSSR count). The molecule has 0 saturated carbocycles. The van der Waals surface area contributed by atoms with Gasteiger partial charge in [-0.05, 0) is 24.3 Å². The molecule has 1 aliphatic rings. The first kappa shape index (κ1) is 17.5. The zero-order valence-corrected chi connectivity index (χ0v) is 15.7. The first-order valence-electron chi connectivity index (χ1n) is 8.33. The number of amides is 1. The molecule has 2 aromatic heterocycles. The van der Waals surface area contributed by atoms with E-state index in [4.69, 9.17) is 14.2 Å². The van der Waals surface area contributed by atoms with E-state index in [0.717, 1.165) is 22.6 Å². The summed E-state index contributed by atoms with van der Waals surface area (Å²) < 4.78 is 16.1. The fourth-order valence-corrected chi connectivity index (χ4v) is 3.77. The molecule has 0 saturated heterocycles. The van der Waals surface area contributed by atoms with E-state index < -0.39 is 0 Å². The van der Waals surface area contributed by atoms with E-state index in [9.17, 15) is 4.79 Å². The number of aromatic nitrogens is 3. The number of fused-ring (bicyclic) bond motifs is 1. The molecule has 0 fully saturated rings.